The van der Waals surface area contributed by atoms with Gasteiger partial charge in [-0.15, -0.1) is 0 Å². The fraction of sp³-hybridized carbons (Fsp3) is 0.353. The number of carbonyl (C=O) groups is 1. The summed E-state index contributed by atoms with van der Waals surface area (Å²) in [5.41, 5.74) is 1.21. The van der Waals surface area contributed by atoms with E-state index in [-0.39, 0.29) is 5.91 Å². The first-order chi connectivity index (χ1) is 13.2. The van der Waals surface area contributed by atoms with Crippen molar-refractivity contribution in [2.24, 2.45) is 0 Å². The average Bonchev–Trinajstić information content (AvgIpc) is 3.40. The SMILES string of the molecule is COc1ccc(-c2noc(CN3CCN(C(=O)c4cn[nH]n4)CC3)n2)cc1. The van der Waals surface area contributed by atoms with Gasteiger partial charge < -0.3 is 14.2 Å². The zero-order valence-corrected chi connectivity index (χ0v) is 14.8. The Bertz CT molecular complexity index is 884. The normalized spacial score (nSPS) is 15.1. The van der Waals surface area contributed by atoms with Crippen molar-refractivity contribution in [1.82, 2.24) is 35.4 Å². The number of piperazine rings is 1. The fourth-order valence-corrected chi connectivity index (χ4v) is 2.94. The number of hydrogen-bond donors (Lipinski definition) is 1. The van der Waals surface area contributed by atoms with Crippen LogP contribution in [0.15, 0.2) is 35.0 Å². The average molecular weight is 369 g/mol. The van der Waals surface area contributed by atoms with Crippen LogP contribution < -0.4 is 4.74 Å². The van der Waals surface area contributed by atoms with Crippen LogP contribution in [0.2, 0.25) is 0 Å². The van der Waals surface area contributed by atoms with Crippen molar-refractivity contribution in [3.05, 3.63) is 42.0 Å². The Morgan fingerprint density at radius 2 is 2.00 bits per heavy atom. The van der Waals surface area contributed by atoms with Gasteiger partial charge in [0.2, 0.25) is 11.7 Å². The Morgan fingerprint density at radius 3 is 2.67 bits per heavy atom. The standard InChI is InChI=1S/C17H19N7O3/c1-26-13-4-2-12(3-5-13)16-19-15(27-21-16)11-23-6-8-24(9-7-23)17(25)14-10-18-22-20-14/h2-5,10H,6-9,11H2,1H3,(H,18,20,22). The highest BCUT2D eigenvalue weighted by molar-refractivity contribution is 5.91. The first-order valence-corrected chi connectivity index (χ1v) is 8.57. The van der Waals surface area contributed by atoms with Gasteiger partial charge in [-0.2, -0.15) is 20.4 Å². The number of rotatable bonds is 5. The molecular formula is C17H19N7O3. The number of H-pyrrole nitrogens is 1. The van der Waals surface area contributed by atoms with Gasteiger partial charge in [-0.05, 0) is 24.3 Å². The Hall–Kier alpha value is -3.27. The number of carbonyl (C=O) groups excluding carboxylic acids is 1. The summed E-state index contributed by atoms with van der Waals surface area (Å²) >= 11 is 0. The maximum Gasteiger partial charge on any atom is 0.276 e. The Labute approximate surface area is 155 Å². The number of nitrogens with zero attached hydrogens (tertiary/aromatic N) is 6. The van der Waals surface area contributed by atoms with Crippen LogP contribution in [0.4, 0.5) is 0 Å². The molecule has 0 aliphatic carbocycles. The number of nitrogens with one attached hydrogen (secondary N) is 1. The van der Waals surface area contributed by atoms with Crippen molar-refractivity contribution in [2.45, 2.75) is 6.54 Å². The molecule has 0 radical (unpaired) electrons. The molecule has 1 aliphatic heterocycles. The fourth-order valence-electron chi connectivity index (χ4n) is 2.94. The van der Waals surface area contributed by atoms with Crippen molar-refractivity contribution in [1.29, 1.82) is 0 Å². The van der Waals surface area contributed by atoms with E-state index in [0.717, 1.165) is 24.4 Å². The van der Waals surface area contributed by atoms with Gasteiger partial charge in [0, 0.05) is 31.7 Å². The molecule has 0 bridgehead atoms. The van der Waals surface area contributed by atoms with Crippen LogP contribution in [-0.2, 0) is 6.54 Å². The minimum Gasteiger partial charge on any atom is -0.497 e. The predicted molar refractivity (Wildman–Crippen MR) is 93.8 cm³/mol. The van der Waals surface area contributed by atoms with E-state index in [1.807, 2.05) is 24.3 Å². The summed E-state index contributed by atoms with van der Waals surface area (Å²) in [7, 11) is 1.63. The molecule has 0 spiro atoms. The minimum atomic E-state index is -0.108. The predicted octanol–water partition coefficient (Wildman–Crippen LogP) is 0.821. The lowest BCUT2D eigenvalue weighted by molar-refractivity contribution is 0.0609. The smallest absolute Gasteiger partial charge is 0.276 e. The van der Waals surface area contributed by atoms with E-state index in [2.05, 4.69) is 30.5 Å². The molecule has 2 aromatic heterocycles. The van der Waals surface area contributed by atoms with Crippen LogP contribution in [0.3, 0.4) is 0 Å². The maximum atomic E-state index is 12.3. The Morgan fingerprint density at radius 1 is 1.22 bits per heavy atom. The number of amides is 1. The Balaban J connectivity index is 1.33. The molecule has 140 valence electrons. The maximum absolute atomic E-state index is 12.3. The van der Waals surface area contributed by atoms with E-state index in [4.69, 9.17) is 9.26 Å². The quantitative estimate of drug-likeness (QED) is 0.703. The Kier molecular flexibility index (Phi) is 4.79. The first kappa shape index (κ1) is 17.2. The molecule has 10 heteroatoms. The number of ether oxygens (including phenoxy) is 1. The lowest BCUT2D eigenvalue weighted by Crippen LogP contribution is -2.48. The van der Waals surface area contributed by atoms with E-state index >= 15 is 0 Å². The zero-order valence-electron chi connectivity index (χ0n) is 14.8. The molecule has 1 aromatic carbocycles. The highest BCUT2D eigenvalue weighted by Crippen LogP contribution is 2.20. The molecule has 0 atom stereocenters. The van der Waals surface area contributed by atoms with Crippen LogP contribution >= 0.6 is 0 Å². The van der Waals surface area contributed by atoms with Crippen molar-refractivity contribution >= 4 is 5.91 Å². The second kappa shape index (κ2) is 7.54. The molecule has 27 heavy (non-hydrogen) atoms. The topological polar surface area (TPSA) is 113 Å². The van der Waals surface area contributed by atoms with Crippen molar-refractivity contribution in [3.8, 4) is 17.1 Å². The lowest BCUT2D eigenvalue weighted by Gasteiger charge is -2.33. The summed E-state index contributed by atoms with van der Waals surface area (Å²) in [6.45, 7) is 3.24. The highest BCUT2D eigenvalue weighted by Gasteiger charge is 2.24. The second-order valence-corrected chi connectivity index (χ2v) is 6.16. The van der Waals surface area contributed by atoms with Crippen molar-refractivity contribution in [3.63, 3.8) is 0 Å². The molecule has 1 N–H and O–H groups in total. The summed E-state index contributed by atoms with van der Waals surface area (Å²) in [6.07, 6.45) is 1.44. The number of hydrogen-bond acceptors (Lipinski definition) is 8. The molecule has 10 nitrogen and oxygen atoms in total. The number of aromatic nitrogens is 5. The summed E-state index contributed by atoms with van der Waals surface area (Å²) in [5.74, 6) is 1.77. The number of aromatic amines is 1. The summed E-state index contributed by atoms with van der Waals surface area (Å²) in [5, 5.41) is 14.0. The van der Waals surface area contributed by atoms with Crippen LogP contribution in [0.25, 0.3) is 11.4 Å². The zero-order chi connectivity index (χ0) is 18.6. The molecule has 0 saturated carbocycles. The van der Waals surface area contributed by atoms with Gasteiger partial charge in [-0.25, -0.2) is 0 Å². The van der Waals surface area contributed by atoms with E-state index in [0.29, 0.717) is 37.0 Å². The summed E-state index contributed by atoms with van der Waals surface area (Å²) in [4.78, 5) is 20.7. The van der Waals surface area contributed by atoms with Crippen LogP contribution in [0.5, 0.6) is 5.75 Å². The van der Waals surface area contributed by atoms with Crippen molar-refractivity contribution in [2.75, 3.05) is 33.3 Å². The summed E-state index contributed by atoms with van der Waals surface area (Å²) < 4.78 is 10.5. The molecule has 1 saturated heterocycles. The van der Waals surface area contributed by atoms with Crippen LogP contribution in [-0.4, -0.2) is 74.5 Å². The van der Waals surface area contributed by atoms with Crippen LogP contribution in [0, 0.1) is 0 Å². The molecule has 3 heterocycles. The first-order valence-electron chi connectivity index (χ1n) is 8.57. The molecule has 1 fully saturated rings. The molecule has 1 aliphatic rings. The molecule has 3 aromatic rings. The molecule has 0 unspecified atom stereocenters. The van der Waals surface area contributed by atoms with E-state index < -0.39 is 0 Å². The second-order valence-electron chi connectivity index (χ2n) is 6.16. The van der Waals surface area contributed by atoms with Crippen LogP contribution in [0.1, 0.15) is 16.4 Å². The third-order valence-corrected chi connectivity index (χ3v) is 4.47. The largest absolute Gasteiger partial charge is 0.497 e. The van der Waals surface area contributed by atoms with Gasteiger partial charge in [0.1, 0.15) is 5.75 Å². The van der Waals surface area contributed by atoms with Crippen molar-refractivity contribution < 1.29 is 14.1 Å². The van der Waals surface area contributed by atoms with Gasteiger partial charge in [-0.3, -0.25) is 9.69 Å². The monoisotopic (exact) mass is 369 g/mol. The van der Waals surface area contributed by atoms with E-state index in [1.165, 1.54) is 6.20 Å². The number of benzene rings is 1. The third-order valence-electron chi connectivity index (χ3n) is 4.47. The number of methoxy groups -OCH3 is 1. The highest BCUT2D eigenvalue weighted by atomic mass is 16.5. The van der Waals surface area contributed by atoms with Gasteiger partial charge in [0.05, 0.1) is 19.9 Å². The van der Waals surface area contributed by atoms with Gasteiger partial charge >= 0.3 is 0 Å². The van der Waals surface area contributed by atoms with Gasteiger partial charge in [0.15, 0.2) is 5.69 Å². The van der Waals surface area contributed by atoms with Gasteiger partial charge in [0.25, 0.3) is 5.91 Å². The minimum absolute atomic E-state index is 0.108. The molecule has 4 rings (SSSR count). The lowest BCUT2D eigenvalue weighted by atomic mass is 10.2. The van der Waals surface area contributed by atoms with Gasteiger partial charge in [-0.1, -0.05) is 5.16 Å². The molecule has 1 amide bonds. The molecular weight excluding hydrogens is 350 g/mol. The summed E-state index contributed by atoms with van der Waals surface area (Å²) in [6, 6.07) is 7.50. The van der Waals surface area contributed by atoms with E-state index in [1.54, 1.807) is 12.0 Å². The van der Waals surface area contributed by atoms with E-state index in [9.17, 15) is 4.79 Å². The third kappa shape index (κ3) is 3.80.